The Hall–Kier alpha value is -3.33. The van der Waals surface area contributed by atoms with Gasteiger partial charge in [-0.15, -0.1) is 11.3 Å². The molecular formula is C21H17F2N3O3S. The van der Waals surface area contributed by atoms with Gasteiger partial charge in [-0.25, -0.2) is 18.6 Å². The molecule has 30 heavy (non-hydrogen) atoms. The molecule has 9 heteroatoms. The molecule has 0 spiro atoms. The Morgan fingerprint density at radius 2 is 2.00 bits per heavy atom. The summed E-state index contributed by atoms with van der Waals surface area (Å²) in [4.78, 5) is 30.9. The summed E-state index contributed by atoms with van der Waals surface area (Å²) in [6.45, 7) is 1.27. The molecule has 1 N–H and O–H groups in total. The lowest BCUT2D eigenvalue weighted by atomic mass is 9.91. The maximum atomic E-state index is 14.3. The molecule has 2 heterocycles. The molecule has 0 aliphatic carbocycles. The number of rotatable bonds is 5. The number of ether oxygens (including phenoxy) is 1. The molecule has 1 unspecified atom stereocenters. The normalized spacial score (nSPS) is 18.6. The van der Waals surface area contributed by atoms with Gasteiger partial charge in [0.2, 0.25) is 0 Å². The highest BCUT2D eigenvalue weighted by atomic mass is 32.1. The number of carbonyl (C=O) groups is 2. The van der Waals surface area contributed by atoms with Gasteiger partial charge in [0.15, 0.2) is 0 Å². The van der Waals surface area contributed by atoms with Gasteiger partial charge in [-0.1, -0.05) is 12.1 Å². The predicted molar refractivity (Wildman–Crippen MR) is 107 cm³/mol. The van der Waals surface area contributed by atoms with Crippen molar-refractivity contribution in [1.82, 2.24) is 15.2 Å². The van der Waals surface area contributed by atoms with Crippen LogP contribution in [0.2, 0.25) is 0 Å². The van der Waals surface area contributed by atoms with Crippen molar-refractivity contribution in [1.29, 1.82) is 0 Å². The van der Waals surface area contributed by atoms with Crippen LogP contribution in [0.4, 0.5) is 13.6 Å². The molecular weight excluding hydrogens is 412 g/mol. The average molecular weight is 429 g/mol. The summed E-state index contributed by atoms with van der Waals surface area (Å²) in [6, 6.07) is 9.48. The summed E-state index contributed by atoms with van der Waals surface area (Å²) in [6.07, 6.45) is 0. The van der Waals surface area contributed by atoms with Gasteiger partial charge >= 0.3 is 6.03 Å². The van der Waals surface area contributed by atoms with E-state index in [0.717, 1.165) is 28.7 Å². The molecule has 1 aromatic heterocycles. The third-order valence-corrected chi connectivity index (χ3v) is 5.87. The zero-order chi connectivity index (χ0) is 21.5. The van der Waals surface area contributed by atoms with E-state index in [-0.39, 0.29) is 12.1 Å². The lowest BCUT2D eigenvalue weighted by Gasteiger charge is -2.22. The van der Waals surface area contributed by atoms with E-state index >= 15 is 0 Å². The van der Waals surface area contributed by atoms with Crippen molar-refractivity contribution >= 4 is 23.3 Å². The number of methoxy groups -OCH3 is 1. The van der Waals surface area contributed by atoms with Gasteiger partial charge in [-0.3, -0.25) is 9.69 Å². The molecule has 2 aromatic carbocycles. The van der Waals surface area contributed by atoms with Crippen molar-refractivity contribution in [2.24, 2.45) is 0 Å². The number of aromatic nitrogens is 1. The zero-order valence-electron chi connectivity index (χ0n) is 16.1. The fraction of sp³-hybridized carbons (Fsp3) is 0.190. The number of nitrogens with one attached hydrogen (secondary N) is 1. The second-order valence-corrected chi connectivity index (χ2v) is 7.80. The number of urea groups is 1. The third kappa shape index (κ3) is 3.41. The van der Waals surface area contributed by atoms with Gasteiger partial charge in [0.05, 0.1) is 19.3 Å². The van der Waals surface area contributed by atoms with Crippen molar-refractivity contribution in [3.63, 3.8) is 0 Å². The molecule has 1 aliphatic rings. The highest BCUT2D eigenvalue weighted by Gasteiger charge is 2.50. The Labute approximate surface area is 175 Å². The van der Waals surface area contributed by atoms with Crippen LogP contribution in [0, 0.1) is 11.6 Å². The van der Waals surface area contributed by atoms with Crippen molar-refractivity contribution < 1.29 is 23.1 Å². The van der Waals surface area contributed by atoms with Gasteiger partial charge in [-0.05, 0) is 37.3 Å². The zero-order valence-corrected chi connectivity index (χ0v) is 16.9. The second kappa shape index (κ2) is 7.49. The molecule has 3 amide bonds. The van der Waals surface area contributed by atoms with Gasteiger partial charge in [0.1, 0.15) is 27.9 Å². The quantitative estimate of drug-likeness (QED) is 0.621. The van der Waals surface area contributed by atoms with Gasteiger partial charge in [-0.2, -0.15) is 0 Å². The summed E-state index contributed by atoms with van der Waals surface area (Å²) in [5.74, 6) is -1.46. The molecule has 154 valence electrons. The van der Waals surface area contributed by atoms with Crippen LogP contribution < -0.4 is 10.1 Å². The van der Waals surface area contributed by atoms with Crippen molar-refractivity contribution in [3.05, 3.63) is 70.7 Å². The molecule has 1 atom stereocenters. The van der Waals surface area contributed by atoms with Gasteiger partial charge < -0.3 is 10.1 Å². The van der Waals surface area contributed by atoms with Crippen LogP contribution in [0.15, 0.2) is 47.8 Å². The Bertz CT molecular complexity index is 1150. The van der Waals surface area contributed by atoms with E-state index in [9.17, 15) is 18.4 Å². The number of benzene rings is 2. The van der Waals surface area contributed by atoms with Gasteiger partial charge in [0.25, 0.3) is 5.91 Å². The molecule has 0 radical (unpaired) electrons. The summed E-state index contributed by atoms with van der Waals surface area (Å²) >= 11 is 1.36. The second-order valence-electron chi connectivity index (χ2n) is 6.95. The monoisotopic (exact) mass is 429 g/mol. The molecule has 6 nitrogen and oxygen atoms in total. The maximum absolute atomic E-state index is 14.3. The highest BCUT2D eigenvalue weighted by Crippen LogP contribution is 2.33. The standard InChI is InChI=1S/C21H17F2N3O3S/c1-21(16-9-13(22)6-7-17(16)23)19(27)26(20(28)25-21)10-14-11-30-18(24-14)12-4-3-5-15(8-12)29-2/h3-9,11H,10H2,1-2H3,(H,25,28). The number of thiazole rings is 1. The van der Waals surface area contributed by atoms with Crippen LogP contribution in [0.3, 0.4) is 0 Å². The Morgan fingerprint density at radius 1 is 1.20 bits per heavy atom. The smallest absolute Gasteiger partial charge is 0.325 e. The number of halogens is 2. The number of carbonyl (C=O) groups excluding carboxylic acids is 2. The molecule has 1 saturated heterocycles. The number of amides is 3. The molecule has 1 aliphatic heterocycles. The summed E-state index contributed by atoms with van der Waals surface area (Å²) in [7, 11) is 1.57. The number of hydrogen-bond donors (Lipinski definition) is 1. The van der Waals surface area contributed by atoms with Crippen LogP contribution in [0.1, 0.15) is 18.2 Å². The van der Waals surface area contributed by atoms with Crippen LogP contribution >= 0.6 is 11.3 Å². The molecule has 4 rings (SSSR count). The van der Waals surface area contributed by atoms with Crippen molar-refractivity contribution in [3.8, 4) is 16.3 Å². The summed E-state index contributed by atoms with van der Waals surface area (Å²) < 4.78 is 33.1. The Morgan fingerprint density at radius 3 is 2.77 bits per heavy atom. The van der Waals surface area contributed by atoms with E-state index in [1.807, 2.05) is 24.3 Å². The number of imide groups is 1. The fourth-order valence-corrected chi connectivity index (χ4v) is 4.14. The Kier molecular flexibility index (Phi) is 4.98. The first-order valence-corrected chi connectivity index (χ1v) is 9.88. The largest absolute Gasteiger partial charge is 0.497 e. The molecule has 3 aromatic rings. The minimum Gasteiger partial charge on any atom is -0.497 e. The van der Waals surface area contributed by atoms with E-state index in [0.29, 0.717) is 16.5 Å². The summed E-state index contributed by atoms with van der Waals surface area (Å²) in [5.41, 5.74) is -0.576. The van der Waals surface area contributed by atoms with Crippen LogP contribution in [-0.2, 0) is 16.9 Å². The predicted octanol–water partition coefficient (Wildman–Crippen LogP) is 4.06. The molecule has 1 fully saturated rings. The van der Waals surface area contributed by atoms with E-state index in [2.05, 4.69) is 10.3 Å². The van der Waals surface area contributed by atoms with E-state index in [1.165, 1.54) is 18.3 Å². The topological polar surface area (TPSA) is 71.5 Å². The fourth-order valence-electron chi connectivity index (χ4n) is 3.33. The minimum absolute atomic E-state index is 0.0857. The van der Waals surface area contributed by atoms with E-state index in [4.69, 9.17) is 4.74 Å². The first-order valence-electron chi connectivity index (χ1n) is 9.00. The highest BCUT2D eigenvalue weighted by molar-refractivity contribution is 7.13. The Balaban J connectivity index is 1.59. The van der Waals surface area contributed by atoms with Gasteiger partial charge in [0, 0.05) is 16.5 Å². The average Bonchev–Trinajstić information content (AvgIpc) is 3.29. The molecule has 0 bridgehead atoms. The van der Waals surface area contributed by atoms with Crippen LogP contribution in [0.25, 0.3) is 10.6 Å². The lowest BCUT2D eigenvalue weighted by Crippen LogP contribution is -2.41. The van der Waals surface area contributed by atoms with E-state index < -0.39 is 29.1 Å². The van der Waals surface area contributed by atoms with Crippen molar-refractivity contribution in [2.75, 3.05) is 7.11 Å². The lowest BCUT2D eigenvalue weighted by molar-refractivity contribution is -0.131. The maximum Gasteiger partial charge on any atom is 0.325 e. The van der Waals surface area contributed by atoms with Crippen molar-refractivity contribution in [2.45, 2.75) is 19.0 Å². The van der Waals surface area contributed by atoms with Crippen LogP contribution in [-0.4, -0.2) is 28.9 Å². The SMILES string of the molecule is COc1cccc(-c2nc(CN3C(=O)NC(C)(c4cc(F)ccc4F)C3=O)cs2)c1. The van der Waals surface area contributed by atoms with E-state index in [1.54, 1.807) is 12.5 Å². The first-order chi connectivity index (χ1) is 14.3. The molecule has 0 saturated carbocycles. The van der Waals surface area contributed by atoms with Crippen LogP contribution in [0.5, 0.6) is 5.75 Å². The minimum atomic E-state index is -1.70. The summed E-state index contributed by atoms with van der Waals surface area (Å²) in [5, 5.41) is 4.93. The first kappa shape index (κ1) is 20.0. The number of nitrogens with zero attached hydrogens (tertiary/aromatic N) is 2. The number of hydrogen-bond acceptors (Lipinski definition) is 5. The third-order valence-electron chi connectivity index (χ3n) is 4.93.